The van der Waals surface area contributed by atoms with E-state index >= 15 is 0 Å². The normalized spacial score (nSPS) is 10.8. The van der Waals surface area contributed by atoms with Gasteiger partial charge in [-0.2, -0.15) is 0 Å². The molecule has 0 atom stereocenters. The molecular weight excluding hydrogens is 484 g/mol. The smallest absolute Gasteiger partial charge is 0.344 e. The summed E-state index contributed by atoms with van der Waals surface area (Å²) in [5, 5.41) is 24.2. The lowest BCUT2D eigenvalue weighted by Crippen LogP contribution is -2.10. The van der Waals surface area contributed by atoms with E-state index in [9.17, 15) is 29.8 Å². The first-order chi connectivity index (χ1) is 17.8. The van der Waals surface area contributed by atoms with Crippen LogP contribution in [0.4, 0.5) is 11.4 Å². The Labute approximate surface area is 206 Å². The molecule has 37 heavy (non-hydrogen) atoms. The first-order valence-corrected chi connectivity index (χ1v) is 10.7. The highest BCUT2D eigenvalue weighted by atomic mass is 16.6. The summed E-state index contributed by atoms with van der Waals surface area (Å²) in [7, 11) is 0. The molecule has 0 radical (unpaired) electrons. The Balaban J connectivity index is 1.41. The Kier molecular flexibility index (Phi) is 5.78. The standard InChI is InChI=1S/C26H14N2O9/c29-25-22-8-7-21(37-26(30)17-9-18(27(31)32)12-19(10-17)28(33)34)13-23(22)35-14-24(25)36-20-6-5-15-3-1-2-4-16(15)11-20/h1-14H. The second-order valence-corrected chi connectivity index (χ2v) is 7.84. The van der Waals surface area contributed by atoms with Gasteiger partial charge in [0.1, 0.15) is 23.3 Å². The second kappa shape index (κ2) is 9.23. The predicted octanol–water partition coefficient (Wildman–Crippen LogP) is 5.77. The van der Waals surface area contributed by atoms with Crippen molar-refractivity contribution in [3.63, 3.8) is 0 Å². The highest BCUT2D eigenvalue weighted by Crippen LogP contribution is 2.28. The summed E-state index contributed by atoms with van der Waals surface area (Å²) in [4.78, 5) is 45.9. The van der Waals surface area contributed by atoms with Crippen LogP contribution >= 0.6 is 0 Å². The van der Waals surface area contributed by atoms with E-state index < -0.39 is 32.6 Å². The zero-order valence-electron chi connectivity index (χ0n) is 18.7. The van der Waals surface area contributed by atoms with Gasteiger partial charge in [0.05, 0.1) is 26.9 Å². The maximum atomic E-state index is 12.9. The second-order valence-electron chi connectivity index (χ2n) is 7.84. The van der Waals surface area contributed by atoms with E-state index in [0.29, 0.717) is 5.75 Å². The Bertz CT molecular complexity index is 1760. The number of fused-ring (bicyclic) bond motifs is 2. The monoisotopic (exact) mass is 498 g/mol. The van der Waals surface area contributed by atoms with Gasteiger partial charge in [0.15, 0.2) is 0 Å². The van der Waals surface area contributed by atoms with E-state index in [0.717, 1.165) is 35.2 Å². The van der Waals surface area contributed by atoms with Gasteiger partial charge in [0.25, 0.3) is 11.4 Å². The first kappa shape index (κ1) is 23.2. The van der Waals surface area contributed by atoms with Crippen LogP contribution in [-0.4, -0.2) is 15.8 Å². The molecule has 5 aromatic rings. The maximum Gasteiger partial charge on any atom is 0.344 e. The van der Waals surface area contributed by atoms with Gasteiger partial charge in [0, 0.05) is 18.2 Å². The zero-order valence-corrected chi connectivity index (χ0v) is 18.7. The number of carbonyl (C=O) groups is 1. The van der Waals surface area contributed by atoms with Crippen molar-refractivity contribution in [3.05, 3.63) is 121 Å². The van der Waals surface area contributed by atoms with Crippen molar-refractivity contribution in [2.75, 3.05) is 0 Å². The topological polar surface area (TPSA) is 152 Å². The van der Waals surface area contributed by atoms with Crippen LogP contribution in [0.3, 0.4) is 0 Å². The molecule has 0 saturated carbocycles. The minimum absolute atomic E-state index is 0.0435. The molecule has 0 aliphatic rings. The van der Waals surface area contributed by atoms with Crippen LogP contribution in [-0.2, 0) is 0 Å². The third-order valence-corrected chi connectivity index (χ3v) is 5.43. The number of ether oxygens (including phenoxy) is 2. The average Bonchev–Trinajstić information content (AvgIpc) is 2.90. The van der Waals surface area contributed by atoms with Gasteiger partial charge in [-0.05, 0) is 35.0 Å². The van der Waals surface area contributed by atoms with Crippen LogP contribution in [0.25, 0.3) is 21.7 Å². The molecule has 0 fully saturated rings. The Hall–Kier alpha value is -5.58. The van der Waals surface area contributed by atoms with Crippen LogP contribution in [0, 0.1) is 20.2 Å². The van der Waals surface area contributed by atoms with Crippen LogP contribution in [0.5, 0.6) is 17.2 Å². The number of benzene rings is 4. The molecule has 11 heteroatoms. The van der Waals surface area contributed by atoms with Gasteiger partial charge in [0.2, 0.25) is 11.2 Å². The van der Waals surface area contributed by atoms with Gasteiger partial charge in [-0.15, -0.1) is 0 Å². The number of nitro groups is 2. The molecule has 0 saturated heterocycles. The van der Waals surface area contributed by atoms with Crippen molar-refractivity contribution in [1.82, 2.24) is 0 Å². The quantitative estimate of drug-likeness (QED) is 0.123. The molecule has 1 aromatic heterocycles. The summed E-state index contributed by atoms with van der Waals surface area (Å²) in [5.41, 5.74) is -2.02. The third kappa shape index (κ3) is 4.68. The summed E-state index contributed by atoms with van der Waals surface area (Å²) in [5.74, 6) is -0.707. The predicted molar refractivity (Wildman–Crippen MR) is 131 cm³/mol. The van der Waals surface area contributed by atoms with Crippen LogP contribution < -0.4 is 14.9 Å². The minimum Gasteiger partial charge on any atom is -0.460 e. The SMILES string of the molecule is O=C(Oc1ccc2c(=O)c(Oc3ccc4ccccc4c3)coc2c1)c1cc([N+](=O)[O-])cc([N+](=O)[O-])c1. The number of nitrogens with zero attached hydrogens (tertiary/aromatic N) is 2. The largest absolute Gasteiger partial charge is 0.460 e. The molecule has 0 bridgehead atoms. The van der Waals surface area contributed by atoms with Crippen molar-refractivity contribution in [2.45, 2.75) is 0 Å². The van der Waals surface area contributed by atoms with Crippen molar-refractivity contribution < 1.29 is 28.5 Å². The van der Waals surface area contributed by atoms with E-state index in [1.807, 2.05) is 30.3 Å². The summed E-state index contributed by atoms with van der Waals surface area (Å²) >= 11 is 0. The Morgan fingerprint density at radius 2 is 1.46 bits per heavy atom. The third-order valence-electron chi connectivity index (χ3n) is 5.43. The molecule has 4 aromatic carbocycles. The fourth-order valence-electron chi connectivity index (χ4n) is 3.67. The number of carbonyl (C=O) groups excluding carboxylic acids is 1. The molecule has 0 aliphatic heterocycles. The lowest BCUT2D eigenvalue weighted by atomic mass is 10.1. The number of hydrogen-bond donors (Lipinski definition) is 0. The highest BCUT2D eigenvalue weighted by molar-refractivity contribution is 5.93. The van der Waals surface area contributed by atoms with E-state index in [1.165, 1.54) is 18.2 Å². The molecule has 0 N–H and O–H groups in total. The minimum atomic E-state index is -1.07. The van der Waals surface area contributed by atoms with Gasteiger partial charge in [-0.3, -0.25) is 25.0 Å². The molecule has 5 rings (SSSR count). The summed E-state index contributed by atoms with van der Waals surface area (Å²) in [6.07, 6.45) is 1.13. The van der Waals surface area contributed by atoms with E-state index in [4.69, 9.17) is 13.9 Å². The molecular formula is C26H14N2O9. The zero-order chi connectivity index (χ0) is 26.1. The highest BCUT2D eigenvalue weighted by Gasteiger charge is 2.21. The number of hydrogen-bond acceptors (Lipinski definition) is 9. The van der Waals surface area contributed by atoms with E-state index in [2.05, 4.69) is 0 Å². The lowest BCUT2D eigenvalue weighted by molar-refractivity contribution is -0.394. The Morgan fingerprint density at radius 1 is 0.784 bits per heavy atom. The molecule has 11 nitrogen and oxygen atoms in total. The van der Waals surface area contributed by atoms with Gasteiger partial charge in [-0.25, -0.2) is 4.79 Å². The van der Waals surface area contributed by atoms with E-state index in [-0.39, 0.29) is 28.0 Å². The number of nitro benzene ring substituents is 2. The fourth-order valence-corrected chi connectivity index (χ4v) is 3.67. The fraction of sp³-hybridized carbons (Fsp3) is 0. The van der Waals surface area contributed by atoms with Crippen molar-refractivity contribution in [3.8, 4) is 17.2 Å². The molecule has 182 valence electrons. The molecule has 0 aliphatic carbocycles. The van der Waals surface area contributed by atoms with Crippen LogP contribution in [0.1, 0.15) is 10.4 Å². The summed E-state index contributed by atoms with van der Waals surface area (Å²) in [6.45, 7) is 0. The number of rotatable bonds is 6. The molecule has 0 spiro atoms. The van der Waals surface area contributed by atoms with Crippen LogP contribution in [0.15, 0.2) is 94.3 Å². The maximum absolute atomic E-state index is 12.9. The first-order valence-electron chi connectivity index (χ1n) is 10.7. The molecule has 0 unspecified atom stereocenters. The van der Waals surface area contributed by atoms with Crippen molar-refractivity contribution in [2.24, 2.45) is 0 Å². The van der Waals surface area contributed by atoms with Gasteiger partial charge < -0.3 is 13.9 Å². The van der Waals surface area contributed by atoms with Crippen molar-refractivity contribution in [1.29, 1.82) is 0 Å². The van der Waals surface area contributed by atoms with Gasteiger partial charge >= 0.3 is 5.97 Å². The lowest BCUT2D eigenvalue weighted by Gasteiger charge is -2.08. The van der Waals surface area contributed by atoms with Crippen molar-refractivity contribution >= 4 is 39.1 Å². The molecule has 1 heterocycles. The summed E-state index contributed by atoms with van der Waals surface area (Å²) in [6, 6.07) is 19.5. The summed E-state index contributed by atoms with van der Waals surface area (Å²) < 4.78 is 16.5. The van der Waals surface area contributed by atoms with E-state index in [1.54, 1.807) is 12.1 Å². The van der Waals surface area contributed by atoms with Crippen LogP contribution in [0.2, 0.25) is 0 Å². The number of esters is 1. The average molecular weight is 498 g/mol. The number of non-ortho nitro benzene ring substituents is 2. The Morgan fingerprint density at radius 3 is 2.16 bits per heavy atom. The van der Waals surface area contributed by atoms with Gasteiger partial charge in [-0.1, -0.05) is 30.3 Å². The molecule has 0 amide bonds.